The minimum absolute atomic E-state index is 0.0731. The molecule has 14 heteroatoms. The van der Waals surface area contributed by atoms with Gasteiger partial charge in [0.15, 0.2) is 20.1 Å². The highest BCUT2D eigenvalue weighted by atomic mass is 35.5. The van der Waals surface area contributed by atoms with E-state index in [1.54, 1.807) is 0 Å². The lowest BCUT2D eigenvalue weighted by Gasteiger charge is -2.39. The maximum atomic E-state index is 14.3. The number of aromatic nitrogens is 3. The van der Waals surface area contributed by atoms with Crippen molar-refractivity contribution >= 4 is 51.8 Å². The number of pyridine rings is 1. The molecule has 2 fully saturated rings. The summed E-state index contributed by atoms with van der Waals surface area (Å²) in [5.41, 5.74) is 4.02. The Morgan fingerprint density at radius 2 is 1.37 bits per heavy atom. The lowest BCUT2D eigenvalue weighted by molar-refractivity contribution is 0.00691. The van der Waals surface area contributed by atoms with E-state index in [4.69, 9.17) is 49.5 Å². The molecule has 0 spiro atoms. The molecule has 4 heterocycles. The molecule has 0 radical (unpaired) electrons. The third kappa shape index (κ3) is 11.2. The topological polar surface area (TPSA) is 103 Å². The molecule has 2 aliphatic heterocycles. The van der Waals surface area contributed by atoms with Gasteiger partial charge in [-0.3, -0.25) is 9.13 Å². The smallest absolute Gasteiger partial charge is 0.301 e. The van der Waals surface area contributed by atoms with Crippen molar-refractivity contribution in [1.29, 1.82) is 0 Å². The third-order valence-corrected chi connectivity index (χ3v) is 21.0. The third-order valence-electron chi connectivity index (χ3n) is 11.2. The highest BCUT2D eigenvalue weighted by molar-refractivity contribution is 7.67. The molecule has 0 bridgehead atoms. The summed E-state index contributed by atoms with van der Waals surface area (Å²) in [6, 6.07) is 19.3. The number of nitrogens with zero attached hydrogens (tertiary/aromatic N) is 3. The van der Waals surface area contributed by atoms with Gasteiger partial charge in [0.1, 0.15) is 18.9 Å². The average molecular weight is 885 g/mol. The van der Waals surface area contributed by atoms with E-state index in [0.717, 1.165) is 33.6 Å². The van der Waals surface area contributed by atoms with Gasteiger partial charge in [0.25, 0.3) is 0 Å². The van der Waals surface area contributed by atoms with Gasteiger partial charge in [0.2, 0.25) is 7.37 Å². The molecule has 6 rings (SSSR count). The van der Waals surface area contributed by atoms with E-state index >= 15 is 0 Å². The predicted molar refractivity (Wildman–Crippen MR) is 246 cm³/mol. The number of rotatable bonds is 14. The highest BCUT2D eigenvalue weighted by Gasteiger charge is 2.52. The van der Waals surface area contributed by atoms with E-state index in [-0.39, 0.29) is 41.6 Å². The van der Waals surface area contributed by atoms with Gasteiger partial charge in [0, 0.05) is 31.7 Å². The quantitative estimate of drug-likeness (QED) is 0.0695. The maximum absolute atomic E-state index is 14.3. The van der Waals surface area contributed by atoms with Crippen molar-refractivity contribution in [3.63, 3.8) is 0 Å². The fourth-order valence-corrected chi connectivity index (χ4v) is 12.6. The van der Waals surface area contributed by atoms with Crippen LogP contribution < -0.4 is 10.0 Å². The molecule has 10 nitrogen and oxygen atoms in total. The number of benzene rings is 2. The number of halogens is 1. The van der Waals surface area contributed by atoms with Crippen LogP contribution in [-0.2, 0) is 34.5 Å². The van der Waals surface area contributed by atoms with Crippen LogP contribution in [-0.4, -0.2) is 86.9 Å². The molecule has 2 saturated heterocycles. The SMILES string of the molecule is CC(C)(C)CP(=O)(OC(C)(C)C)c1ccc(-c2ccc(-c3nc4nc(O[C@@H]5CO[C@@H]6C(O[Si](C)(C)C(C)(C)C)CO[C@@H]65)n(COCC[Si](C)(C)C)c4cc3Cl)cc2)cc1. The molecule has 0 aliphatic carbocycles. The van der Waals surface area contributed by atoms with Gasteiger partial charge >= 0.3 is 6.01 Å². The molecule has 5 atom stereocenters. The Morgan fingerprint density at radius 1 is 0.814 bits per heavy atom. The molecule has 2 aliphatic rings. The first kappa shape index (κ1) is 46.1. The van der Waals surface area contributed by atoms with Crippen molar-refractivity contribution in [3.05, 3.63) is 59.6 Å². The van der Waals surface area contributed by atoms with Crippen molar-refractivity contribution in [1.82, 2.24) is 14.5 Å². The molecule has 4 aromatic rings. The fraction of sp³-hybridized carbons (Fsp3) is 0.600. The fourth-order valence-electron chi connectivity index (χ4n) is 7.22. The van der Waals surface area contributed by atoms with E-state index in [2.05, 4.69) is 74.3 Å². The normalized spacial score (nSPS) is 21.5. The van der Waals surface area contributed by atoms with Gasteiger partial charge in [-0.05, 0) is 79.7 Å². The molecule has 0 saturated carbocycles. The second-order valence-electron chi connectivity index (χ2n) is 21.2. The lowest BCUT2D eigenvalue weighted by atomic mass is 10.0. The Bertz CT molecular complexity index is 2110. The Hall–Kier alpha value is -2.39. The summed E-state index contributed by atoms with van der Waals surface area (Å²) >= 11 is 7.02. The van der Waals surface area contributed by atoms with Crippen LogP contribution in [0.25, 0.3) is 33.5 Å². The van der Waals surface area contributed by atoms with Crippen LogP contribution in [0.2, 0.25) is 48.8 Å². The van der Waals surface area contributed by atoms with Crippen molar-refractivity contribution < 1.29 is 32.5 Å². The van der Waals surface area contributed by atoms with E-state index in [1.165, 1.54) is 0 Å². The first-order chi connectivity index (χ1) is 27.2. The average Bonchev–Trinajstić information content (AvgIpc) is 3.78. The minimum atomic E-state index is -3.11. The molecule has 0 N–H and O–H groups in total. The predicted octanol–water partition coefficient (Wildman–Crippen LogP) is 11.4. The molecular formula is C45H67ClN3O7PSi2. The van der Waals surface area contributed by atoms with Gasteiger partial charge in [-0.15, -0.1) is 0 Å². The first-order valence-electron chi connectivity index (χ1n) is 21.0. The monoisotopic (exact) mass is 883 g/mol. The van der Waals surface area contributed by atoms with Crippen molar-refractivity contribution in [2.24, 2.45) is 5.41 Å². The highest BCUT2D eigenvalue weighted by Crippen LogP contribution is 2.53. The van der Waals surface area contributed by atoms with Crippen molar-refractivity contribution in [2.45, 2.75) is 143 Å². The molecule has 59 heavy (non-hydrogen) atoms. The summed E-state index contributed by atoms with van der Waals surface area (Å²) in [7, 11) is -6.45. The van der Waals surface area contributed by atoms with Gasteiger partial charge in [0.05, 0.1) is 41.2 Å². The van der Waals surface area contributed by atoms with Crippen LogP contribution >= 0.6 is 19.0 Å². The summed E-state index contributed by atoms with van der Waals surface area (Å²) < 4.78 is 54.7. The summed E-state index contributed by atoms with van der Waals surface area (Å²) in [5, 5.41) is 1.29. The molecule has 0 amide bonds. The van der Waals surface area contributed by atoms with Crippen LogP contribution in [0, 0.1) is 5.41 Å². The second-order valence-corrected chi connectivity index (χ2v) is 34.4. The Labute approximate surface area is 359 Å². The number of imidazole rings is 1. The molecule has 2 unspecified atom stereocenters. The zero-order valence-corrected chi connectivity index (χ0v) is 41.4. The zero-order valence-electron chi connectivity index (χ0n) is 37.8. The molecule has 2 aromatic heterocycles. The van der Waals surface area contributed by atoms with Crippen molar-refractivity contribution in [2.75, 3.05) is 26.0 Å². The number of fused-ring (bicyclic) bond motifs is 2. The summed E-state index contributed by atoms with van der Waals surface area (Å²) in [5.74, 6) is 0. The van der Waals surface area contributed by atoms with Crippen LogP contribution in [0.4, 0.5) is 0 Å². The van der Waals surface area contributed by atoms with E-state index in [1.807, 2.05) is 79.9 Å². The Morgan fingerprint density at radius 3 is 1.93 bits per heavy atom. The summed E-state index contributed by atoms with van der Waals surface area (Å²) in [4.78, 5) is 9.92. The largest absolute Gasteiger partial charge is 0.456 e. The van der Waals surface area contributed by atoms with Gasteiger partial charge < -0.3 is 27.9 Å². The van der Waals surface area contributed by atoms with Gasteiger partial charge in [-0.1, -0.05) is 109 Å². The minimum Gasteiger partial charge on any atom is -0.456 e. The van der Waals surface area contributed by atoms with E-state index < -0.39 is 29.4 Å². The zero-order chi connectivity index (χ0) is 43.3. The number of hydrogen-bond acceptors (Lipinski definition) is 9. The summed E-state index contributed by atoms with van der Waals surface area (Å²) in [6.07, 6.45) is -0.551. The first-order valence-corrected chi connectivity index (χ1v) is 29.8. The summed E-state index contributed by atoms with van der Waals surface area (Å²) in [6.45, 7) is 32.1. The van der Waals surface area contributed by atoms with Gasteiger partial charge in [-0.25, -0.2) is 4.98 Å². The van der Waals surface area contributed by atoms with Crippen LogP contribution in [0.3, 0.4) is 0 Å². The van der Waals surface area contributed by atoms with E-state index in [0.29, 0.717) is 48.4 Å². The lowest BCUT2D eigenvalue weighted by Crippen LogP contribution is -2.47. The Kier molecular flexibility index (Phi) is 13.3. The van der Waals surface area contributed by atoms with Crippen LogP contribution in [0.1, 0.15) is 62.3 Å². The standard InChI is InChI=1S/C45H67ClN3O7PSi2/c1-43(2,3)28-57(50,56-44(4,5)6)33-21-19-31(20-22-33)30-15-17-32(18-16-30)38-34(46)25-35-41(47-38)48-42(49(35)29-51-23-24-58(10,11)12)54-36-26-52-40-37(27-53-39(36)40)55-59(13,14)45(7,8)9/h15-22,25,36-37,39-40H,23-24,26-29H2,1-14H3/t36-,37?,39-,40-,57?/m1/s1. The molecule has 324 valence electrons. The van der Waals surface area contributed by atoms with Gasteiger partial charge in [-0.2, -0.15) is 4.98 Å². The molecular weight excluding hydrogens is 817 g/mol. The van der Waals surface area contributed by atoms with E-state index in [9.17, 15) is 4.57 Å². The second kappa shape index (κ2) is 17.1. The van der Waals surface area contributed by atoms with Crippen LogP contribution in [0.5, 0.6) is 6.01 Å². The maximum Gasteiger partial charge on any atom is 0.301 e. The van der Waals surface area contributed by atoms with Crippen molar-refractivity contribution in [3.8, 4) is 28.4 Å². The number of ether oxygens (including phenoxy) is 4. The Balaban J connectivity index is 1.24. The molecule has 2 aromatic carbocycles. The number of hydrogen-bond donors (Lipinski definition) is 0. The van der Waals surface area contributed by atoms with Crippen LogP contribution in [0.15, 0.2) is 54.6 Å².